The lowest BCUT2D eigenvalue weighted by molar-refractivity contribution is 0.0597. The van der Waals surface area contributed by atoms with E-state index >= 15 is 0 Å². The topological polar surface area (TPSA) is 84.9 Å². The number of ether oxygens (including phenoxy) is 2. The molecule has 0 aliphatic rings. The molecule has 6 heteroatoms. The standard InChI is InChI=1S/C15H13NO5/c1-20-14(18)12-9-11(7-8-13(12)17)21-15(19)16-10-5-3-2-4-6-10/h2-9,17H,1H3,(H,16,19). The molecule has 0 spiro atoms. The van der Waals surface area contributed by atoms with Crippen LogP contribution in [0.2, 0.25) is 0 Å². The smallest absolute Gasteiger partial charge is 0.417 e. The van der Waals surface area contributed by atoms with Gasteiger partial charge in [0.15, 0.2) is 0 Å². The zero-order chi connectivity index (χ0) is 15.2. The van der Waals surface area contributed by atoms with Crippen molar-refractivity contribution in [2.24, 2.45) is 0 Å². The van der Waals surface area contributed by atoms with Crippen molar-refractivity contribution in [3.05, 3.63) is 54.1 Å². The number of esters is 1. The summed E-state index contributed by atoms with van der Waals surface area (Å²) in [6.07, 6.45) is -0.706. The first-order chi connectivity index (χ1) is 10.1. The predicted octanol–water partition coefficient (Wildman–Crippen LogP) is 2.79. The number of phenolic OH excluding ortho intramolecular Hbond substituents is 1. The zero-order valence-electron chi connectivity index (χ0n) is 11.2. The van der Waals surface area contributed by atoms with Crippen molar-refractivity contribution in [2.75, 3.05) is 12.4 Å². The molecule has 0 saturated carbocycles. The summed E-state index contributed by atoms with van der Waals surface area (Å²) in [5.41, 5.74) is 0.497. The van der Waals surface area contributed by atoms with Gasteiger partial charge in [-0.3, -0.25) is 5.32 Å². The highest BCUT2D eigenvalue weighted by Crippen LogP contribution is 2.24. The van der Waals surface area contributed by atoms with Crippen molar-refractivity contribution < 1.29 is 24.2 Å². The third-order valence-electron chi connectivity index (χ3n) is 2.60. The van der Waals surface area contributed by atoms with Crippen LogP contribution < -0.4 is 10.1 Å². The van der Waals surface area contributed by atoms with Gasteiger partial charge in [0.2, 0.25) is 0 Å². The van der Waals surface area contributed by atoms with Crippen molar-refractivity contribution in [1.29, 1.82) is 0 Å². The molecular formula is C15H13NO5. The molecule has 0 aliphatic heterocycles. The number of para-hydroxylation sites is 1. The highest BCUT2D eigenvalue weighted by Gasteiger charge is 2.14. The van der Waals surface area contributed by atoms with Gasteiger partial charge in [0.25, 0.3) is 0 Å². The number of nitrogens with one attached hydrogen (secondary N) is 1. The Balaban J connectivity index is 2.09. The predicted molar refractivity (Wildman–Crippen MR) is 75.5 cm³/mol. The monoisotopic (exact) mass is 287 g/mol. The summed E-state index contributed by atoms with van der Waals surface area (Å²) in [6.45, 7) is 0. The van der Waals surface area contributed by atoms with Crippen LogP contribution in [0.25, 0.3) is 0 Å². The van der Waals surface area contributed by atoms with E-state index < -0.39 is 12.1 Å². The summed E-state index contributed by atoms with van der Waals surface area (Å²) < 4.78 is 9.56. The Morgan fingerprint density at radius 1 is 1.10 bits per heavy atom. The second-order valence-electron chi connectivity index (χ2n) is 4.05. The molecule has 0 fully saturated rings. The summed E-state index contributed by atoms with van der Waals surface area (Å²) >= 11 is 0. The molecule has 2 rings (SSSR count). The average molecular weight is 287 g/mol. The first-order valence-corrected chi connectivity index (χ1v) is 6.05. The van der Waals surface area contributed by atoms with Crippen LogP contribution in [0.4, 0.5) is 10.5 Å². The van der Waals surface area contributed by atoms with E-state index in [0.29, 0.717) is 5.69 Å². The summed E-state index contributed by atoms with van der Waals surface area (Å²) in [5, 5.41) is 12.1. The van der Waals surface area contributed by atoms with Crippen molar-refractivity contribution in [3.63, 3.8) is 0 Å². The van der Waals surface area contributed by atoms with Crippen molar-refractivity contribution in [3.8, 4) is 11.5 Å². The Bertz CT molecular complexity index is 654. The van der Waals surface area contributed by atoms with Crippen LogP contribution in [0.1, 0.15) is 10.4 Å². The van der Waals surface area contributed by atoms with Gasteiger partial charge in [-0.2, -0.15) is 0 Å². The maximum Gasteiger partial charge on any atom is 0.417 e. The third-order valence-corrected chi connectivity index (χ3v) is 2.60. The lowest BCUT2D eigenvalue weighted by Gasteiger charge is -2.08. The molecule has 0 radical (unpaired) electrons. The van der Waals surface area contributed by atoms with Crippen molar-refractivity contribution >= 4 is 17.7 Å². The number of carbonyl (C=O) groups is 2. The maximum atomic E-state index is 11.7. The minimum absolute atomic E-state index is 0.0810. The van der Waals surface area contributed by atoms with Crippen LogP contribution in [0.15, 0.2) is 48.5 Å². The van der Waals surface area contributed by atoms with Gasteiger partial charge in [-0.15, -0.1) is 0 Å². The van der Waals surface area contributed by atoms with Crippen LogP contribution in [0.3, 0.4) is 0 Å². The second-order valence-corrected chi connectivity index (χ2v) is 4.05. The fourth-order valence-electron chi connectivity index (χ4n) is 1.62. The molecule has 6 nitrogen and oxygen atoms in total. The first kappa shape index (κ1) is 14.4. The Morgan fingerprint density at radius 3 is 2.48 bits per heavy atom. The summed E-state index contributed by atoms with van der Waals surface area (Å²) in [5.74, 6) is -0.860. The van der Waals surface area contributed by atoms with Gasteiger partial charge < -0.3 is 14.6 Å². The molecule has 0 heterocycles. The fourth-order valence-corrected chi connectivity index (χ4v) is 1.62. The van der Waals surface area contributed by atoms with Crippen LogP contribution in [0.5, 0.6) is 11.5 Å². The highest BCUT2D eigenvalue weighted by atomic mass is 16.6. The molecule has 2 aromatic rings. The number of phenols is 1. The van der Waals surface area contributed by atoms with Crippen molar-refractivity contribution in [1.82, 2.24) is 0 Å². The Kier molecular flexibility index (Phi) is 4.40. The summed E-state index contributed by atoms with van der Waals surface area (Å²) in [7, 11) is 1.19. The molecule has 0 aromatic heterocycles. The highest BCUT2D eigenvalue weighted by molar-refractivity contribution is 5.93. The number of aromatic hydroxyl groups is 1. The second kappa shape index (κ2) is 6.42. The molecule has 0 atom stereocenters. The lowest BCUT2D eigenvalue weighted by atomic mass is 10.2. The molecule has 0 aliphatic carbocycles. The molecule has 0 saturated heterocycles. The van der Waals surface area contributed by atoms with Gasteiger partial charge in [-0.05, 0) is 30.3 Å². The quantitative estimate of drug-likeness (QED) is 0.848. The minimum atomic E-state index is -0.721. The number of benzene rings is 2. The average Bonchev–Trinajstić information content (AvgIpc) is 2.49. The normalized spacial score (nSPS) is 9.76. The van der Waals surface area contributed by atoms with Gasteiger partial charge in [0.05, 0.1) is 7.11 Å². The van der Waals surface area contributed by atoms with Crippen molar-refractivity contribution in [2.45, 2.75) is 0 Å². The number of rotatable bonds is 3. The van der Waals surface area contributed by atoms with Gasteiger partial charge in [0, 0.05) is 5.69 Å². The fraction of sp³-hybridized carbons (Fsp3) is 0.0667. The number of hydrogen-bond acceptors (Lipinski definition) is 5. The number of methoxy groups -OCH3 is 1. The van der Waals surface area contributed by atoms with E-state index in [0.717, 1.165) is 0 Å². The molecular weight excluding hydrogens is 274 g/mol. The van der Waals surface area contributed by atoms with Gasteiger partial charge in [-0.1, -0.05) is 18.2 Å². The Hall–Kier alpha value is -3.02. The van der Waals surface area contributed by atoms with Crippen LogP contribution >= 0.6 is 0 Å². The number of anilines is 1. The zero-order valence-corrected chi connectivity index (χ0v) is 11.2. The first-order valence-electron chi connectivity index (χ1n) is 6.05. The lowest BCUT2D eigenvalue weighted by Crippen LogP contribution is -2.16. The molecule has 21 heavy (non-hydrogen) atoms. The minimum Gasteiger partial charge on any atom is -0.507 e. The molecule has 0 bridgehead atoms. The van der Waals surface area contributed by atoms with E-state index in [1.54, 1.807) is 24.3 Å². The van der Waals surface area contributed by atoms with Gasteiger partial charge in [0.1, 0.15) is 17.1 Å². The van der Waals surface area contributed by atoms with Crippen LogP contribution in [0, 0.1) is 0 Å². The van der Waals surface area contributed by atoms with E-state index in [1.165, 1.54) is 25.3 Å². The van der Waals surface area contributed by atoms with E-state index in [1.807, 2.05) is 6.07 Å². The van der Waals surface area contributed by atoms with Gasteiger partial charge in [-0.25, -0.2) is 9.59 Å². The van der Waals surface area contributed by atoms with E-state index in [2.05, 4.69) is 10.1 Å². The van der Waals surface area contributed by atoms with Crippen LogP contribution in [-0.2, 0) is 4.74 Å². The van der Waals surface area contributed by atoms with E-state index in [9.17, 15) is 14.7 Å². The van der Waals surface area contributed by atoms with E-state index in [-0.39, 0.29) is 17.1 Å². The van der Waals surface area contributed by atoms with E-state index in [4.69, 9.17) is 4.74 Å². The number of amides is 1. The third kappa shape index (κ3) is 3.73. The largest absolute Gasteiger partial charge is 0.507 e. The number of carbonyl (C=O) groups excluding carboxylic acids is 2. The maximum absolute atomic E-state index is 11.7. The molecule has 2 N–H and O–H groups in total. The summed E-state index contributed by atoms with van der Waals surface area (Å²) in [6, 6.07) is 12.6. The van der Waals surface area contributed by atoms with Gasteiger partial charge >= 0.3 is 12.1 Å². The molecule has 0 unspecified atom stereocenters. The SMILES string of the molecule is COC(=O)c1cc(OC(=O)Nc2ccccc2)ccc1O. The van der Waals surface area contributed by atoms with Crippen LogP contribution in [-0.4, -0.2) is 24.3 Å². The Morgan fingerprint density at radius 2 is 1.81 bits per heavy atom. The summed E-state index contributed by atoms with van der Waals surface area (Å²) in [4.78, 5) is 23.1. The molecule has 1 amide bonds. The molecule has 108 valence electrons. The number of hydrogen-bond donors (Lipinski definition) is 2. The molecule has 2 aromatic carbocycles. The Labute approximate surface area is 120 Å².